The maximum atomic E-state index is 13.7. The molecule has 0 aromatic carbocycles. The van der Waals surface area contributed by atoms with Gasteiger partial charge in [-0.05, 0) is 23.7 Å². The first kappa shape index (κ1) is 12.7. The molecule has 0 saturated carbocycles. The summed E-state index contributed by atoms with van der Waals surface area (Å²) in [6, 6.07) is 3.13. The normalized spacial score (nSPS) is 14.5. The second-order valence-corrected chi connectivity index (χ2v) is 4.34. The molecular weight excluding hydrogens is 287 g/mol. The number of carbonyl (C=O) groups is 1. The van der Waals surface area contributed by atoms with Crippen LogP contribution < -0.4 is 4.90 Å². The van der Waals surface area contributed by atoms with Crippen molar-refractivity contribution in [1.82, 2.24) is 15.0 Å². The van der Waals surface area contributed by atoms with E-state index in [1.807, 2.05) is 0 Å². The molecule has 0 radical (unpaired) electrons. The Kier molecular flexibility index (Phi) is 3.19. The van der Waals surface area contributed by atoms with Crippen LogP contribution in [0.3, 0.4) is 0 Å². The molecule has 3 heterocycles. The molecule has 6 nitrogen and oxygen atoms in total. The van der Waals surface area contributed by atoms with E-state index >= 15 is 0 Å². The van der Waals surface area contributed by atoms with Crippen LogP contribution in [0.5, 0.6) is 0 Å². The number of cyclic esters (lactones) is 1. The van der Waals surface area contributed by atoms with Gasteiger partial charge in [-0.3, -0.25) is 4.90 Å². The molecule has 1 amide bonds. The lowest BCUT2D eigenvalue weighted by molar-refractivity contribution is 0.181. The molecule has 0 N–H and O–H groups in total. The van der Waals surface area contributed by atoms with Gasteiger partial charge in [0, 0.05) is 11.8 Å². The van der Waals surface area contributed by atoms with E-state index in [0.717, 1.165) is 6.20 Å². The Morgan fingerprint density at radius 2 is 2.25 bits per heavy atom. The molecule has 0 atom stereocenters. The van der Waals surface area contributed by atoms with Crippen molar-refractivity contribution in [3.8, 4) is 11.3 Å². The zero-order chi connectivity index (χ0) is 14.1. The van der Waals surface area contributed by atoms with Crippen LogP contribution in [0, 0.1) is 5.82 Å². The van der Waals surface area contributed by atoms with Gasteiger partial charge in [-0.15, -0.1) is 0 Å². The van der Waals surface area contributed by atoms with Crippen molar-refractivity contribution in [2.75, 3.05) is 18.1 Å². The highest BCUT2D eigenvalue weighted by Gasteiger charge is 2.25. The van der Waals surface area contributed by atoms with Crippen LogP contribution >= 0.6 is 11.6 Å². The summed E-state index contributed by atoms with van der Waals surface area (Å²) < 4.78 is 18.6. The summed E-state index contributed by atoms with van der Waals surface area (Å²) in [5.74, 6) is -0.227. The predicted molar refractivity (Wildman–Crippen MR) is 68.9 cm³/mol. The molecule has 3 rings (SSSR count). The molecule has 20 heavy (non-hydrogen) atoms. The molecule has 0 bridgehead atoms. The summed E-state index contributed by atoms with van der Waals surface area (Å²) in [4.78, 5) is 24.3. The molecule has 0 aliphatic carbocycles. The molecule has 2 aromatic heterocycles. The van der Waals surface area contributed by atoms with E-state index in [9.17, 15) is 9.18 Å². The highest BCUT2D eigenvalue weighted by atomic mass is 35.5. The highest BCUT2D eigenvalue weighted by molar-refractivity contribution is 6.28. The number of nitrogens with zero attached hydrogens (tertiary/aromatic N) is 4. The third kappa shape index (κ3) is 2.27. The summed E-state index contributed by atoms with van der Waals surface area (Å²) in [6.45, 7) is 0.709. The van der Waals surface area contributed by atoms with Crippen molar-refractivity contribution in [2.45, 2.75) is 0 Å². The van der Waals surface area contributed by atoms with E-state index in [2.05, 4.69) is 15.0 Å². The van der Waals surface area contributed by atoms with Gasteiger partial charge >= 0.3 is 6.09 Å². The average Bonchev–Trinajstić information content (AvgIpc) is 2.88. The van der Waals surface area contributed by atoms with E-state index in [-0.39, 0.29) is 11.0 Å². The summed E-state index contributed by atoms with van der Waals surface area (Å²) in [7, 11) is 0. The van der Waals surface area contributed by atoms with Gasteiger partial charge in [0.2, 0.25) is 5.28 Å². The number of rotatable bonds is 2. The van der Waals surface area contributed by atoms with Crippen molar-refractivity contribution in [3.63, 3.8) is 0 Å². The maximum Gasteiger partial charge on any atom is 0.415 e. The Labute approximate surface area is 118 Å². The van der Waals surface area contributed by atoms with Crippen LogP contribution in [0.2, 0.25) is 5.28 Å². The second kappa shape index (κ2) is 5.01. The molecule has 0 spiro atoms. The minimum Gasteiger partial charge on any atom is -0.447 e. The van der Waals surface area contributed by atoms with Crippen LogP contribution in [0.15, 0.2) is 24.5 Å². The van der Waals surface area contributed by atoms with Crippen LogP contribution in [-0.2, 0) is 4.74 Å². The zero-order valence-electron chi connectivity index (χ0n) is 10.1. The van der Waals surface area contributed by atoms with Gasteiger partial charge in [-0.1, -0.05) is 0 Å². The number of anilines is 1. The molecule has 2 aromatic rings. The van der Waals surface area contributed by atoms with Crippen molar-refractivity contribution in [3.05, 3.63) is 35.6 Å². The Morgan fingerprint density at radius 1 is 1.40 bits per heavy atom. The first-order valence-electron chi connectivity index (χ1n) is 5.74. The molecule has 1 saturated heterocycles. The topological polar surface area (TPSA) is 68.2 Å². The summed E-state index contributed by atoms with van der Waals surface area (Å²) in [6.07, 6.45) is 1.98. The number of pyridine rings is 1. The molecule has 102 valence electrons. The van der Waals surface area contributed by atoms with Gasteiger partial charge in [-0.25, -0.2) is 24.1 Å². The number of ether oxygens (including phenoxy) is 1. The van der Waals surface area contributed by atoms with Crippen molar-refractivity contribution < 1.29 is 13.9 Å². The second-order valence-electron chi connectivity index (χ2n) is 4.00. The number of hydrogen-bond acceptors (Lipinski definition) is 5. The molecule has 1 aliphatic heterocycles. The molecular formula is C12H8ClFN4O2. The van der Waals surface area contributed by atoms with E-state index in [1.54, 1.807) is 12.1 Å². The van der Waals surface area contributed by atoms with Crippen LogP contribution in [0.4, 0.5) is 15.0 Å². The third-order valence-corrected chi connectivity index (χ3v) is 2.95. The monoisotopic (exact) mass is 294 g/mol. The van der Waals surface area contributed by atoms with E-state index < -0.39 is 11.9 Å². The lowest BCUT2D eigenvalue weighted by Gasteiger charge is -2.12. The Hall–Kier alpha value is -2.28. The SMILES string of the molecule is O=C1OCCN1c1cc(-c2nc(Cl)ncc2F)ccn1. The number of amides is 1. The van der Waals surface area contributed by atoms with Gasteiger partial charge < -0.3 is 4.74 Å². The highest BCUT2D eigenvalue weighted by Crippen LogP contribution is 2.25. The largest absolute Gasteiger partial charge is 0.447 e. The van der Waals surface area contributed by atoms with E-state index in [1.165, 1.54) is 11.1 Å². The standard InChI is InChI=1S/C12H8ClFN4O2/c13-11-16-6-8(14)10(17-11)7-1-2-15-9(5-7)18-3-4-20-12(18)19/h1-2,5-6H,3-4H2. The van der Waals surface area contributed by atoms with E-state index in [4.69, 9.17) is 16.3 Å². The van der Waals surface area contributed by atoms with Crippen molar-refractivity contribution in [2.24, 2.45) is 0 Å². The molecule has 1 fully saturated rings. The molecule has 8 heteroatoms. The third-order valence-electron chi connectivity index (χ3n) is 2.77. The van der Waals surface area contributed by atoms with Crippen LogP contribution in [-0.4, -0.2) is 34.2 Å². The fraction of sp³-hybridized carbons (Fsp3) is 0.167. The number of hydrogen-bond donors (Lipinski definition) is 0. The van der Waals surface area contributed by atoms with Gasteiger partial charge in [0.05, 0.1) is 12.7 Å². The first-order valence-corrected chi connectivity index (χ1v) is 6.12. The average molecular weight is 295 g/mol. The van der Waals surface area contributed by atoms with Gasteiger partial charge in [0.1, 0.15) is 18.1 Å². The fourth-order valence-electron chi connectivity index (χ4n) is 1.86. The Bertz CT molecular complexity index is 682. The quantitative estimate of drug-likeness (QED) is 0.795. The summed E-state index contributed by atoms with van der Waals surface area (Å²) in [5.41, 5.74) is 0.512. The number of aromatic nitrogens is 3. The van der Waals surface area contributed by atoms with Gasteiger partial charge in [0.25, 0.3) is 0 Å². The maximum absolute atomic E-state index is 13.7. The van der Waals surface area contributed by atoms with Crippen LogP contribution in [0.1, 0.15) is 0 Å². The number of carbonyl (C=O) groups excluding carboxylic acids is 1. The Balaban J connectivity index is 2.03. The minimum atomic E-state index is -0.601. The molecule has 0 unspecified atom stereocenters. The van der Waals surface area contributed by atoms with Crippen molar-refractivity contribution in [1.29, 1.82) is 0 Å². The fourth-order valence-corrected chi connectivity index (χ4v) is 2.00. The summed E-state index contributed by atoms with van der Waals surface area (Å²) in [5, 5.41) is -0.0552. The lowest BCUT2D eigenvalue weighted by Crippen LogP contribution is -2.24. The molecule has 1 aliphatic rings. The zero-order valence-corrected chi connectivity index (χ0v) is 10.8. The van der Waals surface area contributed by atoms with E-state index in [0.29, 0.717) is 24.5 Å². The first-order chi connectivity index (χ1) is 9.65. The van der Waals surface area contributed by atoms with Crippen molar-refractivity contribution >= 4 is 23.5 Å². The van der Waals surface area contributed by atoms with Gasteiger partial charge in [0.15, 0.2) is 5.82 Å². The minimum absolute atomic E-state index is 0.0552. The van der Waals surface area contributed by atoms with Crippen LogP contribution in [0.25, 0.3) is 11.3 Å². The smallest absolute Gasteiger partial charge is 0.415 e. The Morgan fingerprint density at radius 3 is 3.00 bits per heavy atom. The lowest BCUT2D eigenvalue weighted by atomic mass is 10.2. The summed E-state index contributed by atoms with van der Waals surface area (Å²) >= 11 is 5.67. The van der Waals surface area contributed by atoms with Gasteiger partial charge in [-0.2, -0.15) is 0 Å². The number of halogens is 2. The predicted octanol–water partition coefficient (Wildman–Crippen LogP) is 2.29.